The minimum atomic E-state index is -3.56. The fourth-order valence-electron chi connectivity index (χ4n) is 2.09. The molecule has 1 atom stereocenters. The third-order valence-corrected chi connectivity index (χ3v) is 4.67. The molecule has 0 radical (unpaired) electrons. The number of rotatable bonds is 5. The molecule has 1 saturated heterocycles. The first-order valence-corrected chi connectivity index (χ1v) is 7.78. The van der Waals surface area contributed by atoms with E-state index in [4.69, 9.17) is 5.73 Å². The molecule has 8 heteroatoms. The number of hydrogen-bond acceptors (Lipinski definition) is 6. The summed E-state index contributed by atoms with van der Waals surface area (Å²) in [5.74, 6) is 0.0596. The quantitative estimate of drug-likeness (QED) is 0.778. The highest BCUT2D eigenvalue weighted by Crippen LogP contribution is 2.12. The summed E-state index contributed by atoms with van der Waals surface area (Å²) in [5.41, 5.74) is 5.33. The number of nitrogens with zero attached hydrogens (tertiary/aromatic N) is 3. The molecule has 0 amide bonds. The van der Waals surface area contributed by atoms with Crippen LogP contribution < -0.4 is 10.5 Å². The largest absolute Gasteiger partial charge is 0.368 e. The summed E-state index contributed by atoms with van der Waals surface area (Å²) in [5, 5.41) is 0. The summed E-state index contributed by atoms with van der Waals surface area (Å²) in [6, 6.07) is 0.187. The standard InChI is InChI=1S/C11H19N5O2S/c1-9(16-4-2-3-5-16)6-15-19(17,18)10-7-13-11(12)14-8-10/h7-9,15H,2-6H2,1H3,(H2,12,13,14). The fraction of sp³-hybridized carbons (Fsp3) is 0.636. The summed E-state index contributed by atoms with van der Waals surface area (Å²) >= 11 is 0. The number of nitrogens with one attached hydrogen (secondary N) is 1. The number of nitrogens with two attached hydrogens (primary N) is 1. The van der Waals surface area contributed by atoms with Crippen molar-refractivity contribution in [1.82, 2.24) is 19.6 Å². The Hall–Kier alpha value is -1.25. The van der Waals surface area contributed by atoms with Gasteiger partial charge in [0.2, 0.25) is 16.0 Å². The molecule has 106 valence electrons. The Morgan fingerprint density at radius 2 is 1.95 bits per heavy atom. The molecule has 1 unspecified atom stereocenters. The summed E-state index contributed by atoms with van der Waals surface area (Å²) < 4.78 is 26.6. The molecule has 2 heterocycles. The average Bonchev–Trinajstić information content (AvgIpc) is 2.90. The van der Waals surface area contributed by atoms with E-state index in [9.17, 15) is 8.42 Å². The van der Waals surface area contributed by atoms with Crippen molar-refractivity contribution >= 4 is 16.0 Å². The number of hydrogen-bond donors (Lipinski definition) is 2. The van der Waals surface area contributed by atoms with Crippen molar-refractivity contribution in [2.24, 2.45) is 0 Å². The lowest BCUT2D eigenvalue weighted by atomic mass is 10.3. The number of sulfonamides is 1. The highest BCUT2D eigenvalue weighted by molar-refractivity contribution is 7.89. The third kappa shape index (κ3) is 3.62. The maximum Gasteiger partial charge on any atom is 0.243 e. The molecule has 0 bridgehead atoms. The number of nitrogen functional groups attached to an aromatic ring is 1. The van der Waals surface area contributed by atoms with Gasteiger partial charge in [0.05, 0.1) is 12.4 Å². The van der Waals surface area contributed by atoms with E-state index in [1.807, 2.05) is 6.92 Å². The van der Waals surface area contributed by atoms with E-state index in [0.717, 1.165) is 13.1 Å². The van der Waals surface area contributed by atoms with Crippen molar-refractivity contribution in [2.45, 2.75) is 30.7 Å². The molecular formula is C11H19N5O2S. The minimum absolute atomic E-state index is 0.0373. The molecule has 1 aromatic heterocycles. The zero-order valence-corrected chi connectivity index (χ0v) is 11.7. The van der Waals surface area contributed by atoms with E-state index in [2.05, 4.69) is 19.6 Å². The molecule has 1 fully saturated rings. The van der Waals surface area contributed by atoms with Crippen LogP contribution in [0.5, 0.6) is 0 Å². The molecule has 1 aliphatic heterocycles. The average molecular weight is 285 g/mol. The van der Waals surface area contributed by atoms with Crippen molar-refractivity contribution < 1.29 is 8.42 Å². The van der Waals surface area contributed by atoms with E-state index in [-0.39, 0.29) is 16.9 Å². The third-order valence-electron chi connectivity index (χ3n) is 3.29. The second kappa shape index (κ2) is 5.81. The molecule has 19 heavy (non-hydrogen) atoms. The lowest BCUT2D eigenvalue weighted by Gasteiger charge is -2.23. The van der Waals surface area contributed by atoms with Gasteiger partial charge in [-0.25, -0.2) is 23.1 Å². The lowest BCUT2D eigenvalue weighted by Crippen LogP contribution is -2.40. The summed E-state index contributed by atoms with van der Waals surface area (Å²) in [7, 11) is -3.56. The van der Waals surface area contributed by atoms with Gasteiger partial charge < -0.3 is 5.73 Å². The smallest absolute Gasteiger partial charge is 0.243 e. The van der Waals surface area contributed by atoms with Gasteiger partial charge in [-0.15, -0.1) is 0 Å². The molecule has 0 aliphatic carbocycles. The van der Waals surface area contributed by atoms with Crippen LogP contribution in [0.2, 0.25) is 0 Å². The Morgan fingerprint density at radius 3 is 2.53 bits per heavy atom. The van der Waals surface area contributed by atoms with Crippen LogP contribution >= 0.6 is 0 Å². The van der Waals surface area contributed by atoms with Crippen molar-refractivity contribution in [3.8, 4) is 0 Å². The number of anilines is 1. The Morgan fingerprint density at radius 1 is 1.37 bits per heavy atom. The van der Waals surface area contributed by atoms with Gasteiger partial charge in [0.1, 0.15) is 4.90 Å². The van der Waals surface area contributed by atoms with E-state index in [1.54, 1.807) is 0 Å². The van der Waals surface area contributed by atoms with Gasteiger partial charge in [-0.3, -0.25) is 4.90 Å². The zero-order chi connectivity index (χ0) is 13.9. The molecule has 1 aromatic rings. The molecule has 1 aliphatic rings. The highest BCUT2D eigenvalue weighted by Gasteiger charge is 2.21. The summed E-state index contributed by atoms with van der Waals surface area (Å²) in [6.07, 6.45) is 4.79. The van der Waals surface area contributed by atoms with Crippen LogP contribution in [-0.2, 0) is 10.0 Å². The van der Waals surface area contributed by atoms with Crippen molar-refractivity contribution in [1.29, 1.82) is 0 Å². The van der Waals surface area contributed by atoms with E-state index < -0.39 is 10.0 Å². The van der Waals surface area contributed by atoms with Crippen LogP contribution in [0.1, 0.15) is 19.8 Å². The van der Waals surface area contributed by atoms with E-state index in [1.165, 1.54) is 25.2 Å². The van der Waals surface area contributed by atoms with Gasteiger partial charge in [0, 0.05) is 12.6 Å². The van der Waals surface area contributed by atoms with E-state index in [0.29, 0.717) is 6.54 Å². The predicted molar refractivity (Wildman–Crippen MR) is 71.9 cm³/mol. The van der Waals surface area contributed by atoms with Crippen LogP contribution in [0.15, 0.2) is 17.3 Å². The van der Waals surface area contributed by atoms with Crippen LogP contribution in [0, 0.1) is 0 Å². The molecule has 7 nitrogen and oxygen atoms in total. The second-order valence-corrected chi connectivity index (χ2v) is 6.49. The van der Waals surface area contributed by atoms with Gasteiger partial charge in [-0.2, -0.15) is 0 Å². The highest BCUT2D eigenvalue weighted by atomic mass is 32.2. The zero-order valence-electron chi connectivity index (χ0n) is 10.9. The first kappa shape index (κ1) is 14.2. The van der Waals surface area contributed by atoms with Gasteiger partial charge in [-0.05, 0) is 32.9 Å². The maximum atomic E-state index is 12.0. The van der Waals surface area contributed by atoms with Crippen LogP contribution in [0.3, 0.4) is 0 Å². The lowest BCUT2D eigenvalue weighted by molar-refractivity contribution is 0.260. The fourth-order valence-corrected chi connectivity index (χ4v) is 3.10. The Labute approximate surface area is 113 Å². The topological polar surface area (TPSA) is 101 Å². The first-order chi connectivity index (χ1) is 8.99. The van der Waals surface area contributed by atoms with Crippen molar-refractivity contribution in [3.05, 3.63) is 12.4 Å². The number of aromatic nitrogens is 2. The minimum Gasteiger partial charge on any atom is -0.368 e. The van der Waals surface area contributed by atoms with E-state index >= 15 is 0 Å². The molecule has 0 spiro atoms. The normalized spacial score (nSPS) is 18.6. The SMILES string of the molecule is CC(CNS(=O)(=O)c1cnc(N)nc1)N1CCCC1. The van der Waals surface area contributed by atoms with Crippen molar-refractivity contribution in [3.63, 3.8) is 0 Å². The molecular weight excluding hydrogens is 266 g/mol. The molecule has 3 N–H and O–H groups in total. The predicted octanol–water partition coefficient (Wildman–Crippen LogP) is -0.179. The van der Waals surface area contributed by atoms with Crippen LogP contribution in [0.25, 0.3) is 0 Å². The molecule has 2 rings (SSSR count). The Kier molecular flexibility index (Phi) is 4.33. The first-order valence-electron chi connectivity index (χ1n) is 6.30. The monoisotopic (exact) mass is 285 g/mol. The summed E-state index contributed by atoms with van der Waals surface area (Å²) in [6.45, 7) is 4.47. The van der Waals surface area contributed by atoms with Crippen LogP contribution in [-0.4, -0.2) is 49.0 Å². The Bertz CT molecular complexity index is 510. The number of likely N-dealkylation sites (tertiary alicyclic amines) is 1. The van der Waals surface area contributed by atoms with Crippen molar-refractivity contribution in [2.75, 3.05) is 25.4 Å². The van der Waals surface area contributed by atoms with Gasteiger partial charge in [0.15, 0.2) is 0 Å². The van der Waals surface area contributed by atoms with Crippen LogP contribution in [0.4, 0.5) is 5.95 Å². The Balaban J connectivity index is 1.95. The molecule has 0 saturated carbocycles. The summed E-state index contributed by atoms with van der Waals surface area (Å²) in [4.78, 5) is 9.69. The van der Waals surface area contributed by atoms with Gasteiger partial charge in [-0.1, -0.05) is 0 Å². The van der Waals surface area contributed by atoms with Gasteiger partial charge >= 0.3 is 0 Å². The molecule has 0 aromatic carbocycles. The second-order valence-electron chi connectivity index (χ2n) is 4.72. The van der Waals surface area contributed by atoms with Gasteiger partial charge in [0.25, 0.3) is 0 Å². The maximum absolute atomic E-state index is 12.0.